The van der Waals surface area contributed by atoms with E-state index >= 15 is 0 Å². The standard InChI is InChI=1S/C17H8Br8O/c18-14(19)9-1-5-6-2-10(15(20)21)12(17(24)25)4-8(6)13(26)7(5)3-11(9)16(22)23/h1-4,14-17H. The number of hydrogen-bond acceptors (Lipinski definition) is 1. The fourth-order valence-electron chi connectivity index (χ4n) is 2.99. The average Bonchev–Trinajstić information content (AvgIpc) is 2.84. The fraction of sp³-hybridized carbons (Fsp3) is 0.235. The number of ketones is 1. The Kier molecular flexibility index (Phi) is 7.82. The fourth-order valence-corrected chi connectivity index (χ4v) is 6.16. The molecule has 0 unspecified atom stereocenters. The van der Waals surface area contributed by atoms with Gasteiger partial charge in [-0.05, 0) is 57.6 Å². The minimum atomic E-state index is -0.0422. The zero-order valence-corrected chi connectivity index (χ0v) is 25.2. The molecule has 1 aliphatic rings. The van der Waals surface area contributed by atoms with Crippen LogP contribution in [0.3, 0.4) is 0 Å². The van der Waals surface area contributed by atoms with Crippen LogP contribution in [0.1, 0.15) is 53.1 Å². The van der Waals surface area contributed by atoms with Crippen LogP contribution in [-0.4, -0.2) is 5.78 Å². The number of alkyl halides is 8. The van der Waals surface area contributed by atoms with Crippen LogP contribution in [0.25, 0.3) is 11.1 Å². The lowest BCUT2D eigenvalue weighted by atomic mass is 9.97. The predicted octanol–water partition coefficient (Wildman–Crippen LogP) is 10.1. The average molecular weight is 867 g/mol. The smallest absolute Gasteiger partial charge is 0.194 e. The Hall–Kier alpha value is 1.95. The highest BCUT2D eigenvalue weighted by atomic mass is 79.9. The highest BCUT2D eigenvalue weighted by molar-refractivity contribution is 9.25. The van der Waals surface area contributed by atoms with Gasteiger partial charge in [0, 0.05) is 11.1 Å². The van der Waals surface area contributed by atoms with Gasteiger partial charge < -0.3 is 0 Å². The Morgan fingerprint density at radius 1 is 0.462 bits per heavy atom. The van der Waals surface area contributed by atoms with Crippen LogP contribution < -0.4 is 0 Å². The van der Waals surface area contributed by atoms with Gasteiger partial charge in [-0.15, -0.1) is 0 Å². The van der Waals surface area contributed by atoms with Crippen molar-refractivity contribution >= 4 is 133 Å². The molecule has 0 atom stereocenters. The van der Waals surface area contributed by atoms with Gasteiger partial charge in [-0.2, -0.15) is 0 Å². The van der Waals surface area contributed by atoms with Gasteiger partial charge in [0.1, 0.15) is 0 Å². The first-order chi connectivity index (χ1) is 12.1. The Morgan fingerprint density at radius 3 is 0.923 bits per heavy atom. The Morgan fingerprint density at radius 2 is 0.692 bits per heavy atom. The van der Waals surface area contributed by atoms with Crippen LogP contribution in [0, 0.1) is 0 Å². The molecule has 0 amide bonds. The lowest BCUT2D eigenvalue weighted by Crippen LogP contribution is -2.00. The van der Waals surface area contributed by atoms with Crippen LogP contribution in [0.4, 0.5) is 0 Å². The Labute approximate surface area is 218 Å². The molecular formula is C17H8Br8O. The summed E-state index contributed by atoms with van der Waals surface area (Å²) in [4.78, 5) is 13.1. The maximum Gasteiger partial charge on any atom is 0.194 e. The third kappa shape index (κ3) is 4.21. The molecule has 26 heavy (non-hydrogen) atoms. The molecule has 0 aliphatic heterocycles. The van der Waals surface area contributed by atoms with Crippen LogP contribution >= 0.6 is 127 Å². The molecule has 0 saturated heterocycles. The summed E-state index contributed by atoms with van der Waals surface area (Å²) in [7, 11) is 0. The van der Waals surface area contributed by atoms with Crippen molar-refractivity contribution in [2.24, 2.45) is 0 Å². The van der Waals surface area contributed by atoms with Gasteiger partial charge in [-0.1, -0.05) is 127 Å². The normalized spacial score (nSPS) is 13.3. The van der Waals surface area contributed by atoms with Gasteiger partial charge >= 0.3 is 0 Å². The van der Waals surface area contributed by atoms with E-state index in [1.807, 2.05) is 12.1 Å². The molecule has 1 aliphatic carbocycles. The van der Waals surface area contributed by atoms with E-state index < -0.39 is 0 Å². The zero-order valence-electron chi connectivity index (χ0n) is 12.6. The van der Waals surface area contributed by atoms with Gasteiger partial charge in [-0.25, -0.2) is 0 Å². The zero-order chi connectivity index (χ0) is 19.3. The van der Waals surface area contributed by atoms with E-state index in [1.54, 1.807) is 0 Å². The monoisotopic (exact) mass is 859 g/mol. The van der Waals surface area contributed by atoms with E-state index in [0.29, 0.717) is 0 Å². The van der Waals surface area contributed by atoms with Crippen LogP contribution in [0.15, 0.2) is 24.3 Å². The lowest BCUT2D eigenvalue weighted by molar-refractivity contribution is 0.104. The second-order valence-corrected chi connectivity index (χ2v) is 17.8. The number of carbonyl (C=O) groups is 1. The van der Waals surface area contributed by atoms with Crippen LogP contribution in [0.2, 0.25) is 0 Å². The molecule has 138 valence electrons. The highest BCUT2D eigenvalue weighted by Crippen LogP contribution is 2.49. The first kappa shape index (κ1) is 22.6. The van der Waals surface area contributed by atoms with E-state index in [9.17, 15) is 4.79 Å². The highest BCUT2D eigenvalue weighted by Gasteiger charge is 2.32. The molecule has 0 aromatic heterocycles. The molecule has 2 aromatic rings. The molecule has 0 bridgehead atoms. The second kappa shape index (κ2) is 8.98. The number of hydrogen-bond donors (Lipinski definition) is 0. The van der Waals surface area contributed by atoms with Crippen molar-refractivity contribution in [2.75, 3.05) is 0 Å². The van der Waals surface area contributed by atoms with E-state index in [4.69, 9.17) is 0 Å². The first-order valence-electron chi connectivity index (χ1n) is 7.16. The molecule has 0 saturated carbocycles. The SMILES string of the molecule is O=C1c2cc(C(Br)Br)c(C(Br)Br)cc2-c2cc(C(Br)Br)c(C(Br)Br)cc21. The van der Waals surface area contributed by atoms with E-state index in [1.165, 1.54) is 0 Å². The van der Waals surface area contributed by atoms with Crippen molar-refractivity contribution in [2.45, 2.75) is 14.9 Å². The molecule has 2 aromatic carbocycles. The summed E-state index contributed by atoms with van der Waals surface area (Å²) in [6, 6.07) is 8.10. The van der Waals surface area contributed by atoms with Crippen molar-refractivity contribution in [3.8, 4) is 11.1 Å². The molecule has 0 N–H and O–H groups in total. The maximum absolute atomic E-state index is 13.1. The molecule has 0 spiro atoms. The molecule has 1 nitrogen and oxygen atoms in total. The number of benzene rings is 2. The van der Waals surface area contributed by atoms with Gasteiger partial charge in [0.15, 0.2) is 5.78 Å². The summed E-state index contributed by atoms with van der Waals surface area (Å²) in [5.74, 6) is 0.0540. The quantitative estimate of drug-likeness (QED) is 0.239. The van der Waals surface area contributed by atoms with Gasteiger partial charge in [0.25, 0.3) is 0 Å². The molecule has 0 radical (unpaired) electrons. The van der Waals surface area contributed by atoms with Gasteiger partial charge in [0.2, 0.25) is 0 Å². The van der Waals surface area contributed by atoms with Crippen molar-refractivity contribution in [3.05, 3.63) is 57.6 Å². The maximum atomic E-state index is 13.1. The number of rotatable bonds is 4. The minimum absolute atomic E-state index is 0.0136. The Balaban J connectivity index is 2.30. The lowest BCUT2D eigenvalue weighted by Gasteiger charge is -2.16. The summed E-state index contributed by atoms with van der Waals surface area (Å²) >= 11 is 28.6. The number of fused-ring (bicyclic) bond motifs is 3. The molecule has 0 fully saturated rings. The van der Waals surface area contributed by atoms with E-state index in [0.717, 1.165) is 44.5 Å². The van der Waals surface area contributed by atoms with Gasteiger partial charge in [-0.3, -0.25) is 4.79 Å². The first-order valence-corrected chi connectivity index (χ1v) is 14.5. The number of halogens is 8. The van der Waals surface area contributed by atoms with Crippen molar-refractivity contribution in [1.82, 2.24) is 0 Å². The van der Waals surface area contributed by atoms with E-state index in [-0.39, 0.29) is 20.7 Å². The summed E-state index contributed by atoms with van der Waals surface area (Å²) in [6.45, 7) is 0. The largest absolute Gasteiger partial charge is 0.289 e. The van der Waals surface area contributed by atoms with E-state index in [2.05, 4.69) is 140 Å². The Bertz CT molecular complexity index is 817. The van der Waals surface area contributed by atoms with Gasteiger partial charge in [0.05, 0.1) is 14.9 Å². The summed E-state index contributed by atoms with van der Waals surface area (Å²) < 4.78 is -0.111. The summed E-state index contributed by atoms with van der Waals surface area (Å²) in [6.07, 6.45) is 0. The minimum Gasteiger partial charge on any atom is -0.289 e. The number of carbonyl (C=O) groups excluding carboxylic acids is 1. The predicted molar refractivity (Wildman–Crippen MR) is 138 cm³/mol. The summed E-state index contributed by atoms with van der Waals surface area (Å²) in [5, 5.41) is 0. The molecule has 9 heteroatoms. The molecule has 0 heterocycles. The second-order valence-electron chi connectivity index (χ2n) is 5.59. The molecular weight excluding hydrogens is 859 g/mol. The summed E-state index contributed by atoms with van der Waals surface area (Å²) in [5.41, 5.74) is 7.55. The van der Waals surface area contributed by atoms with Crippen molar-refractivity contribution < 1.29 is 4.79 Å². The van der Waals surface area contributed by atoms with Crippen molar-refractivity contribution in [1.29, 1.82) is 0 Å². The molecule has 3 rings (SSSR count). The topological polar surface area (TPSA) is 17.1 Å². The third-order valence-electron chi connectivity index (χ3n) is 4.17. The third-order valence-corrected chi connectivity index (χ3v) is 8.11. The van der Waals surface area contributed by atoms with Crippen LogP contribution in [0.5, 0.6) is 0 Å². The van der Waals surface area contributed by atoms with Crippen molar-refractivity contribution in [3.63, 3.8) is 0 Å². The van der Waals surface area contributed by atoms with Crippen LogP contribution in [-0.2, 0) is 0 Å².